The van der Waals surface area contributed by atoms with E-state index in [4.69, 9.17) is 5.73 Å². The van der Waals surface area contributed by atoms with Crippen molar-refractivity contribution < 1.29 is 18.0 Å². The van der Waals surface area contributed by atoms with Crippen LogP contribution < -0.4 is 11.2 Å². The minimum atomic E-state index is -4.60. The first-order valence-electron chi connectivity index (χ1n) is 8.49. The first-order valence-corrected chi connectivity index (χ1v) is 8.49. The highest BCUT2D eigenvalue weighted by molar-refractivity contribution is 5.92. The molecule has 6 nitrogen and oxygen atoms in total. The van der Waals surface area contributed by atoms with Crippen LogP contribution in [0.3, 0.4) is 0 Å². The molecular weight excluding hydrogens is 397 g/mol. The number of nitrogens with two attached hydrogens (primary N) is 1. The maximum Gasteiger partial charge on any atom is 0.418 e. The van der Waals surface area contributed by atoms with Crippen LogP contribution in [-0.2, 0) is 6.18 Å². The van der Waals surface area contributed by atoms with Gasteiger partial charge in [0.15, 0.2) is 5.69 Å². The Bertz CT molecular complexity index is 930. The number of aromatic nitrogens is 2. The smallest absolute Gasteiger partial charge is 0.337 e. The van der Waals surface area contributed by atoms with Crippen molar-refractivity contribution in [2.45, 2.75) is 19.5 Å². The van der Waals surface area contributed by atoms with Crippen molar-refractivity contribution in [3.63, 3.8) is 0 Å². The lowest BCUT2D eigenvalue weighted by molar-refractivity contribution is -0.137. The van der Waals surface area contributed by atoms with Crippen molar-refractivity contribution in [3.8, 4) is 5.69 Å². The van der Waals surface area contributed by atoms with Crippen LogP contribution in [-0.4, -0.2) is 40.2 Å². The molecule has 1 fully saturated rings. The van der Waals surface area contributed by atoms with Crippen molar-refractivity contribution >= 4 is 18.3 Å². The van der Waals surface area contributed by atoms with Gasteiger partial charge < -0.3 is 10.6 Å². The predicted octanol–water partition coefficient (Wildman–Crippen LogP) is 2.40. The first kappa shape index (κ1) is 21.9. The molecule has 1 atom stereocenters. The van der Waals surface area contributed by atoms with Crippen molar-refractivity contribution in [2.24, 2.45) is 11.7 Å². The van der Waals surface area contributed by atoms with Crippen LogP contribution in [0.2, 0.25) is 0 Å². The summed E-state index contributed by atoms with van der Waals surface area (Å²) in [7, 11) is 0. The molecule has 0 radical (unpaired) electrons. The Balaban J connectivity index is 0.00000280. The van der Waals surface area contributed by atoms with Gasteiger partial charge in [-0.15, -0.1) is 12.4 Å². The van der Waals surface area contributed by atoms with Gasteiger partial charge in [0.25, 0.3) is 5.91 Å². The zero-order chi connectivity index (χ0) is 19.8. The summed E-state index contributed by atoms with van der Waals surface area (Å²) in [6, 6.07) is 6.03. The van der Waals surface area contributed by atoms with Gasteiger partial charge in [0.1, 0.15) is 0 Å². The van der Waals surface area contributed by atoms with Crippen LogP contribution in [0.25, 0.3) is 5.69 Å². The van der Waals surface area contributed by atoms with E-state index >= 15 is 0 Å². The zero-order valence-corrected chi connectivity index (χ0v) is 15.9. The molecule has 1 aliphatic heterocycles. The molecule has 1 aromatic carbocycles. The Morgan fingerprint density at radius 1 is 1.32 bits per heavy atom. The maximum atomic E-state index is 13.3. The Kier molecular flexibility index (Phi) is 6.51. The molecule has 0 saturated carbocycles. The largest absolute Gasteiger partial charge is 0.418 e. The van der Waals surface area contributed by atoms with Gasteiger partial charge in [-0.05, 0) is 37.9 Å². The molecule has 2 aromatic rings. The lowest BCUT2D eigenvalue weighted by Crippen LogP contribution is -2.35. The van der Waals surface area contributed by atoms with Crippen molar-refractivity contribution in [2.75, 3.05) is 19.6 Å². The van der Waals surface area contributed by atoms with Crippen LogP contribution in [0.5, 0.6) is 0 Å². The molecule has 3 rings (SSSR count). The van der Waals surface area contributed by atoms with Crippen molar-refractivity contribution in [3.05, 3.63) is 57.5 Å². The highest BCUT2D eigenvalue weighted by atomic mass is 35.5. The number of hydrogen-bond donors (Lipinski definition) is 1. The highest BCUT2D eigenvalue weighted by Gasteiger charge is 2.35. The third kappa shape index (κ3) is 4.20. The van der Waals surface area contributed by atoms with E-state index in [-0.39, 0.29) is 29.7 Å². The Morgan fingerprint density at radius 3 is 2.61 bits per heavy atom. The number of carbonyl (C=O) groups is 1. The maximum absolute atomic E-state index is 13.3. The van der Waals surface area contributed by atoms with Crippen molar-refractivity contribution in [1.29, 1.82) is 0 Å². The van der Waals surface area contributed by atoms with E-state index in [1.165, 1.54) is 30.0 Å². The Morgan fingerprint density at radius 2 is 2.00 bits per heavy atom. The summed E-state index contributed by atoms with van der Waals surface area (Å²) >= 11 is 0. The number of benzene rings is 1. The van der Waals surface area contributed by atoms with Gasteiger partial charge in [-0.3, -0.25) is 9.59 Å². The molecule has 28 heavy (non-hydrogen) atoms. The summed E-state index contributed by atoms with van der Waals surface area (Å²) in [6.07, 6.45) is -3.87. The molecule has 0 spiro atoms. The van der Waals surface area contributed by atoms with E-state index in [2.05, 4.69) is 5.10 Å². The molecule has 2 N–H and O–H groups in total. The molecule has 1 aromatic heterocycles. The lowest BCUT2D eigenvalue weighted by Gasteiger charge is -2.19. The van der Waals surface area contributed by atoms with E-state index in [1.54, 1.807) is 0 Å². The van der Waals surface area contributed by atoms with E-state index in [1.807, 2.05) is 0 Å². The second kappa shape index (κ2) is 8.32. The molecule has 1 aliphatic rings. The summed E-state index contributed by atoms with van der Waals surface area (Å²) in [5, 5.41) is 3.99. The summed E-state index contributed by atoms with van der Waals surface area (Å²) < 4.78 is 41.0. The van der Waals surface area contributed by atoms with E-state index in [0.717, 1.165) is 23.2 Å². The molecular formula is C18H20ClF3N4O2. The third-order valence-corrected chi connectivity index (χ3v) is 4.65. The molecule has 1 unspecified atom stereocenters. The number of para-hydroxylation sites is 1. The Hall–Kier alpha value is -2.39. The quantitative estimate of drug-likeness (QED) is 0.833. The number of rotatable bonds is 3. The van der Waals surface area contributed by atoms with Crippen LogP contribution in [0.15, 0.2) is 35.1 Å². The monoisotopic (exact) mass is 416 g/mol. The molecule has 1 saturated heterocycles. The normalized spacial score (nSPS) is 16.8. The van der Waals surface area contributed by atoms with Gasteiger partial charge in [-0.25, -0.2) is 4.68 Å². The standard InChI is InChI=1S/C18H19F3N4O2.ClH/c1-11-8-15(26)16(17(27)24-7-6-12(9-22)10-24)23-25(11)14-5-3-2-4-13(14)18(19,20)21;/h2-5,8,12H,6-7,9-10,22H2,1H3;1H. The van der Waals surface area contributed by atoms with E-state index < -0.39 is 28.8 Å². The summed E-state index contributed by atoms with van der Waals surface area (Å²) in [4.78, 5) is 26.4. The van der Waals surface area contributed by atoms with E-state index in [0.29, 0.717) is 19.6 Å². The summed E-state index contributed by atoms with van der Waals surface area (Å²) in [5.41, 5.74) is 3.68. The van der Waals surface area contributed by atoms with Crippen LogP contribution >= 0.6 is 12.4 Å². The molecule has 152 valence electrons. The fourth-order valence-corrected chi connectivity index (χ4v) is 3.20. The topological polar surface area (TPSA) is 81.2 Å². The second-order valence-corrected chi connectivity index (χ2v) is 6.57. The van der Waals surface area contributed by atoms with Gasteiger partial charge >= 0.3 is 6.18 Å². The number of hydrogen-bond acceptors (Lipinski definition) is 4. The van der Waals surface area contributed by atoms with E-state index in [9.17, 15) is 22.8 Å². The fraction of sp³-hybridized carbons (Fsp3) is 0.389. The van der Waals surface area contributed by atoms with Gasteiger partial charge in [-0.1, -0.05) is 12.1 Å². The number of likely N-dealkylation sites (tertiary alicyclic amines) is 1. The molecule has 1 amide bonds. The third-order valence-electron chi connectivity index (χ3n) is 4.65. The van der Waals surface area contributed by atoms with Gasteiger partial charge in [-0.2, -0.15) is 18.3 Å². The number of nitrogens with zero attached hydrogens (tertiary/aromatic N) is 3. The SMILES string of the molecule is Cc1cc(=O)c(C(=O)N2CCC(CN)C2)nn1-c1ccccc1C(F)(F)F.Cl. The number of amides is 1. The van der Waals surface area contributed by atoms with Gasteiger partial charge in [0.2, 0.25) is 5.43 Å². The molecule has 0 bridgehead atoms. The average Bonchev–Trinajstić information content (AvgIpc) is 3.10. The number of carbonyl (C=O) groups excluding carboxylic acids is 1. The second-order valence-electron chi connectivity index (χ2n) is 6.57. The molecule has 10 heteroatoms. The van der Waals surface area contributed by atoms with Crippen LogP contribution in [0.1, 0.15) is 28.2 Å². The van der Waals surface area contributed by atoms with Gasteiger partial charge in [0, 0.05) is 24.8 Å². The minimum Gasteiger partial charge on any atom is -0.337 e. The highest BCUT2D eigenvalue weighted by Crippen LogP contribution is 2.33. The molecule has 2 heterocycles. The van der Waals surface area contributed by atoms with Crippen molar-refractivity contribution in [1.82, 2.24) is 14.7 Å². The number of alkyl halides is 3. The lowest BCUT2D eigenvalue weighted by atomic mass is 10.1. The summed E-state index contributed by atoms with van der Waals surface area (Å²) in [6.45, 7) is 2.74. The minimum absolute atomic E-state index is 0. The molecule has 0 aliphatic carbocycles. The zero-order valence-electron chi connectivity index (χ0n) is 15.1. The Labute approximate surface area is 165 Å². The number of halogens is 4. The average molecular weight is 417 g/mol. The predicted molar refractivity (Wildman–Crippen MR) is 99.9 cm³/mol. The van der Waals surface area contributed by atoms with Gasteiger partial charge in [0.05, 0.1) is 11.3 Å². The fourth-order valence-electron chi connectivity index (χ4n) is 3.20. The van der Waals surface area contributed by atoms with Crippen LogP contribution in [0.4, 0.5) is 13.2 Å². The first-order chi connectivity index (χ1) is 12.7. The number of aryl methyl sites for hydroxylation is 1. The van der Waals surface area contributed by atoms with Crippen LogP contribution in [0, 0.1) is 12.8 Å². The summed E-state index contributed by atoms with van der Waals surface area (Å²) in [5.74, 6) is -0.443.